The lowest BCUT2D eigenvalue weighted by atomic mass is 10.0. The lowest BCUT2D eigenvalue weighted by Crippen LogP contribution is -1.98. The number of halogens is 1. The maximum absolute atomic E-state index is 14.2. The molecule has 0 N–H and O–H groups in total. The van der Waals surface area contributed by atoms with Crippen LogP contribution in [0.25, 0.3) is 33.3 Å². The summed E-state index contributed by atoms with van der Waals surface area (Å²) in [5.41, 5.74) is 1.75. The Morgan fingerprint density at radius 1 is 0.905 bits per heavy atom. The topological polar surface area (TPSA) is 73.4 Å². The molecule has 1 aliphatic rings. The molecule has 4 rings (SSSR count). The van der Waals surface area contributed by atoms with Gasteiger partial charge in [-0.05, 0) is 11.5 Å². The maximum atomic E-state index is 14.2. The van der Waals surface area contributed by atoms with Crippen LogP contribution in [-0.4, -0.2) is 9.97 Å². The average molecular weight is 272 g/mol. The standard InChI is InChI=1S/C16H5FN4/c17-10-5-4-8-2-1-3-9-13(8)14(10)16-15(9)20-11(6-18)12(7-19)21-16/h1-5H. The molecule has 21 heavy (non-hydrogen) atoms. The van der Waals surface area contributed by atoms with Crippen LogP contribution in [0.2, 0.25) is 0 Å². The molecule has 0 aliphatic heterocycles. The van der Waals surface area contributed by atoms with Crippen molar-refractivity contribution in [3.8, 4) is 34.7 Å². The van der Waals surface area contributed by atoms with Gasteiger partial charge in [0.2, 0.25) is 0 Å². The van der Waals surface area contributed by atoms with Crippen molar-refractivity contribution in [2.24, 2.45) is 0 Å². The lowest BCUT2D eigenvalue weighted by molar-refractivity contribution is 0.632. The highest BCUT2D eigenvalue weighted by Crippen LogP contribution is 2.46. The Bertz CT molecular complexity index is 1030. The van der Waals surface area contributed by atoms with E-state index in [0.717, 1.165) is 16.3 Å². The summed E-state index contributed by atoms with van der Waals surface area (Å²) in [5, 5.41) is 19.7. The Labute approximate surface area is 118 Å². The molecule has 5 heteroatoms. The zero-order chi connectivity index (χ0) is 14.6. The molecular formula is C16H5FN4. The van der Waals surface area contributed by atoms with E-state index in [4.69, 9.17) is 10.5 Å². The zero-order valence-electron chi connectivity index (χ0n) is 10.6. The second-order valence-corrected chi connectivity index (χ2v) is 4.67. The molecule has 0 saturated carbocycles. The molecule has 0 bridgehead atoms. The Morgan fingerprint density at radius 3 is 2.33 bits per heavy atom. The molecule has 3 aromatic rings. The quantitative estimate of drug-likeness (QED) is 0.493. The molecule has 2 aromatic carbocycles. The fraction of sp³-hybridized carbons (Fsp3) is 0. The number of nitrogens with zero attached hydrogens (tertiary/aromatic N) is 4. The first kappa shape index (κ1) is 11.5. The smallest absolute Gasteiger partial charge is 0.177 e. The summed E-state index contributed by atoms with van der Waals surface area (Å²) in [7, 11) is 0. The monoisotopic (exact) mass is 272 g/mol. The summed E-state index contributed by atoms with van der Waals surface area (Å²) in [6.07, 6.45) is 0. The first-order valence-corrected chi connectivity index (χ1v) is 6.19. The van der Waals surface area contributed by atoms with E-state index in [1.165, 1.54) is 6.07 Å². The summed E-state index contributed by atoms with van der Waals surface area (Å²) in [4.78, 5) is 8.37. The molecule has 96 valence electrons. The third kappa shape index (κ3) is 1.35. The Hall–Kier alpha value is -3.31. The fourth-order valence-corrected chi connectivity index (χ4v) is 2.74. The Morgan fingerprint density at radius 2 is 1.62 bits per heavy atom. The third-order valence-corrected chi connectivity index (χ3v) is 3.59. The molecule has 4 nitrogen and oxygen atoms in total. The Balaban J connectivity index is 2.23. The van der Waals surface area contributed by atoms with Gasteiger partial charge in [0.1, 0.15) is 23.6 Å². The molecule has 0 spiro atoms. The van der Waals surface area contributed by atoms with Crippen LogP contribution in [0.3, 0.4) is 0 Å². The first-order valence-electron chi connectivity index (χ1n) is 6.19. The molecule has 0 amide bonds. The van der Waals surface area contributed by atoms with Gasteiger partial charge >= 0.3 is 0 Å². The van der Waals surface area contributed by atoms with Crippen LogP contribution in [0.4, 0.5) is 4.39 Å². The number of fused-ring (bicyclic) bond motifs is 3. The summed E-state index contributed by atoms with van der Waals surface area (Å²) < 4.78 is 14.2. The van der Waals surface area contributed by atoms with Crippen molar-refractivity contribution in [1.82, 2.24) is 9.97 Å². The van der Waals surface area contributed by atoms with Crippen molar-refractivity contribution in [2.75, 3.05) is 0 Å². The summed E-state index contributed by atoms with van der Waals surface area (Å²) >= 11 is 0. The summed E-state index contributed by atoms with van der Waals surface area (Å²) in [5.74, 6) is -0.406. The SMILES string of the molecule is N#Cc1nc2c(nc1C#N)-c1c(F)ccc3cccc-2c13. The van der Waals surface area contributed by atoms with Gasteiger partial charge in [-0.15, -0.1) is 0 Å². The number of hydrogen-bond donors (Lipinski definition) is 0. The molecule has 0 radical (unpaired) electrons. The number of nitriles is 2. The van der Waals surface area contributed by atoms with Crippen molar-refractivity contribution < 1.29 is 4.39 Å². The van der Waals surface area contributed by atoms with Gasteiger partial charge in [0.05, 0.1) is 5.69 Å². The number of aromatic nitrogens is 2. The van der Waals surface area contributed by atoms with Gasteiger partial charge in [-0.1, -0.05) is 24.3 Å². The number of rotatable bonds is 0. The van der Waals surface area contributed by atoms with Crippen LogP contribution in [0.1, 0.15) is 11.4 Å². The summed E-state index contributed by atoms with van der Waals surface area (Å²) in [6, 6.07) is 12.3. The van der Waals surface area contributed by atoms with E-state index in [-0.39, 0.29) is 11.4 Å². The molecule has 1 heterocycles. The van der Waals surface area contributed by atoms with Crippen LogP contribution in [0, 0.1) is 28.5 Å². The largest absolute Gasteiger partial charge is 0.232 e. The maximum Gasteiger partial charge on any atom is 0.177 e. The van der Waals surface area contributed by atoms with E-state index < -0.39 is 5.82 Å². The van der Waals surface area contributed by atoms with Crippen molar-refractivity contribution >= 4 is 10.8 Å². The van der Waals surface area contributed by atoms with Crippen LogP contribution in [0.15, 0.2) is 30.3 Å². The third-order valence-electron chi connectivity index (χ3n) is 3.59. The van der Waals surface area contributed by atoms with Gasteiger partial charge < -0.3 is 0 Å². The fourth-order valence-electron chi connectivity index (χ4n) is 2.74. The van der Waals surface area contributed by atoms with Crippen molar-refractivity contribution in [3.05, 3.63) is 47.5 Å². The highest BCUT2D eigenvalue weighted by molar-refractivity contribution is 6.13. The zero-order valence-corrected chi connectivity index (χ0v) is 10.6. The van der Waals surface area contributed by atoms with Crippen LogP contribution in [-0.2, 0) is 0 Å². The molecule has 1 aliphatic carbocycles. The van der Waals surface area contributed by atoms with Gasteiger partial charge in [-0.2, -0.15) is 10.5 Å². The molecule has 0 saturated heterocycles. The van der Waals surface area contributed by atoms with Crippen molar-refractivity contribution in [1.29, 1.82) is 10.5 Å². The second-order valence-electron chi connectivity index (χ2n) is 4.67. The number of benzene rings is 2. The van der Waals surface area contributed by atoms with E-state index in [1.807, 2.05) is 30.3 Å². The first-order chi connectivity index (χ1) is 10.2. The minimum Gasteiger partial charge on any atom is -0.232 e. The lowest BCUT2D eigenvalue weighted by Gasteiger charge is -2.02. The minimum absolute atomic E-state index is 0.0403. The molecule has 0 unspecified atom stereocenters. The average Bonchev–Trinajstić information content (AvgIpc) is 2.85. The van der Waals surface area contributed by atoms with Gasteiger partial charge in [-0.25, -0.2) is 14.4 Å². The molecule has 1 aromatic heterocycles. The van der Waals surface area contributed by atoms with Gasteiger partial charge in [0, 0.05) is 16.5 Å². The minimum atomic E-state index is -0.406. The van der Waals surface area contributed by atoms with Gasteiger partial charge in [0.15, 0.2) is 11.4 Å². The van der Waals surface area contributed by atoms with Crippen LogP contribution < -0.4 is 0 Å². The van der Waals surface area contributed by atoms with Crippen LogP contribution >= 0.6 is 0 Å². The van der Waals surface area contributed by atoms with Crippen LogP contribution in [0.5, 0.6) is 0 Å². The van der Waals surface area contributed by atoms with Gasteiger partial charge in [-0.3, -0.25) is 0 Å². The van der Waals surface area contributed by atoms with E-state index in [1.54, 1.807) is 6.07 Å². The highest BCUT2D eigenvalue weighted by atomic mass is 19.1. The molecule has 0 atom stereocenters. The second kappa shape index (κ2) is 3.84. The normalized spacial score (nSPS) is 11.0. The summed E-state index contributed by atoms with van der Waals surface area (Å²) in [6.45, 7) is 0. The number of hydrogen-bond acceptors (Lipinski definition) is 4. The van der Waals surface area contributed by atoms with E-state index >= 15 is 0 Å². The highest BCUT2D eigenvalue weighted by Gasteiger charge is 2.28. The van der Waals surface area contributed by atoms with E-state index in [9.17, 15) is 4.39 Å². The predicted molar refractivity (Wildman–Crippen MR) is 73.4 cm³/mol. The van der Waals surface area contributed by atoms with E-state index in [0.29, 0.717) is 17.0 Å². The predicted octanol–water partition coefficient (Wildman–Crippen LogP) is 3.16. The molecule has 0 fully saturated rings. The molecular weight excluding hydrogens is 267 g/mol. The van der Waals surface area contributed by atoms with Crippen molar-refractivity contribution in [3.63, 3.8) is 0 Å². The van der Waals surface area contributed by atoms with Crippen molar-refractivity contribution in [2.45, 2.75) is 0 Å². The Kier molecular flexibility index (Phi) is 2.11. The van der Waals surface area contributed by atoms with Gasteiger partial charge in [0.25, 0.3) is 0 Å². The van der Waals surface area contributed by atoms with E-state index in [2.05, 4.69) is 9.97 Å².